The van der Waals surface area contributed by atoms with Gasteiger partial charge in [0.25, 0.3) is 0 Å². The lowest BCUT2D eigenvalue weighted by Gasteiger charge is -2.14. The summed E-state index contributed by atoms with van der Waals surface area (Å²) in [6.45, 7) is 5.16. The summed E-state index contributed by atoms with van der Waals surface area (Å²) >= 11 is 0. The molecule has 29 heavy (non-hydrogen) atoms. The van der Waals surface area contributed by atoms with Crippen LogP contribution in [0.3, 0.4) is 0 Å². The second-order valence-electron chi connectivity index (χ2n) is 7.02. The van der Waals surface area contributed by atoms with Gasteiger partial charge in [0.05, 0.1) is 0 Å². The van der Waals surface area contributed by atoms with Crippen LogP contribution in [0.2, 0.25) is 0 Å². The first-order valence-corrected chi connectivity index (χ1v) is 10.0. The second-order valence-corrected chi connectivity index (χ2v) is 7.02. The summed E-state index contributed by atoms with van der Waals surface area (Å²) < 4.78 is 5.13. The molecule has 2 N–H and O–H groups in total. The summed E-state index contributed by atoms with van der Waals surface area (Å²) in [5.74, 6) is -0.0273. The van der Waals surface area contributed by atoms with Crippen LogP contribution in [0.5, 0.6) is 0 Å². The number of amides is 2. The molecule has 0 heterocycles. The molecular weight excluding hydrogens is 366 g/mol. The zero-order valence-corrected chi connectivity index (χ0v) is 17.3. The van der Waals surface area contributed by atoms with E-state index in [1.807, 2.05) is 42.5 Å². The van der Waals surface area contributed by atoms with E-state index in [1.54, 1.807) is 0 Å². The topological polar surface area (TPSA) is 70.7 Å². The van der Waals surface area contributed by atoms with Crippen molar-refractivity contribution < 1.29 is 14.3 Å². The van der Waals surface area contributed by atoms with E-state index in [-0.39, 0.29) is 12.5 Å². The van der Waals surface area contributed by atoms with Gasteiger partial charge in [-0.25, -0.2) is 4.79 Å². The SMILES string of the molecule is CCN(C)Cc1cccc(CNC(=O)CCCNC(=O)OCc2ccccc2)c1. The summed E-state index contributed by atoms with van der Waals surface area (Å²) in [5, 5.41) is 5.60. The molecule has 6 nitrogen and oxygen atoms in total. The van der Waals surface area contributed by atoms with Gasteiger partial charge in [0.1, 0.15) is 6.61 Å². The highest BCUT2D eigenvalue weighted by atomic mass is 16.5. The minimum Gasteiger partial charge on any atom is -0.445 e. The van der Waals surface area contributed by atoms with Crippen LogP contribution < -0.4 is 10.6 Å². The van der Waals surface area contributed by atoms with Crippen molar-refractivity contribution in [1.29, 1.82) is 0 Å². The predicted octanol–water partition coefficient (Wildman–Crippen LogP) is 3.46. The molecule has 0 aliphatic rings. The molecule has 0 aliphatic carbocycles. The third-order valence-electron chi connectivity index (χ3n) is 4.54. The lowest BCUT2D eigenvalue weighted by Crippen LogP contribution is -2.27. The summed E-state index contributed by atoms with van der Waals surface area (Å²) in [6, 6.07) is 17.8. The number of hydrogen-bond donors (Lipinski definition) is 2. The number of ether oxygens (including phenoxy) is 1. The Morgan fingerprint density at radius 1 is 0.966 bits per heavy atom. The highest BCUT2D eigenvalue weighted by molar-refractivity contribution is 5.76. The largest absolute Gasteiger partial charge is 0.445 e. The minimum atomic E-state index is -0.469. The van der Waals surface area contributed by atoms with Crippen LogP contribution in [-0.2, 0) is 29.2 Å². The van der Waals surface area contributed by atoms with E-state index in [0.29, 0.717) is 25.9 Å². The average molecular weight is 398 g/mol. The molecule has 0 spiro atoms. The van der Waals surface area contributed by atoms with Gasteiger partial charge in [-0.1, -0.05) is 61.5 Å². The van der Waals surface area contributed by atoms with Gasteiger partial charge in [0, 0.05) is 26.1 Å². The predicted molar refractivity (Wildman–Crippen MR) is 114 cm³/mol. The van der Waals surface area contributed by atoms with E-state index in [2.05, 4.69) is 41.6 Å². The van der Waals surface area contributed by atoms with Crippen LogP contribution >= 0.6 is 0 Å². The van der Waals surface area contributed by atoms with Crippen LogP contribution in [0.1, 0.15) is 36.5 Å². The molecule has 0 fully saturated rings. The fraction of sp³-hybridized carbons (Fsp3) is 0.391. The van der Waals surface area contributed by atoms with E-state index in [1.165, 1.54) is 5.56 Å². The van der Waals surface area contributed by atoms with E-state index in [4.69, 9.17) is 4.74 Å². The minimum absolute atomic E-state index is 0.0273. The lowest BCUT2D eigenvalue weighted by molar-refractivity contribution is -0.121. The van der Waals surface area contributed by atoms with Crippen molar-refractivity contribution in [3.63, 3.8) is 0 Å². The molecule has 2 amide bonds. The van der Waals surface area contributed by atoms with Crippen molar-refractivity contribution in [2.45, 2.75) is 39.5 Å². The normalized spacial score (nSPS) is 10.6. The number of carbonyl (C=O) groups excluding carboxylic acids is 2. The van der Waals surface area contributed by atoms with Crippen molar-refractivity contribution in [3.8, 4) is 0 Å². The molecular formula is C23H31N3O3. The standard InChI is InChI=1S/C23H31N3O3/c1-3-26(2)17-21-12-7-11-20(15-21)16-25-22(27)13-8-14-24-23(28)29-18-19-9-5-4-6-10-19/h4-7,9-12,15H,3,8,13-14,16-18H2,1-2H3,(H,24,28)(H,25,27). The molecule has 0 saturated carbocycles. The first-order valence-electron chi connectivity index (χ1n) is 10.0. The molecule has 0 radical (unpaired) electrons. The fourth-order valence-electron chi connectivity index (χ4n) is 2.76. The van der Waals surface area contributed by atoms with E-state index in [9.17, 15) is 9.59 Å². The third kappa shape index (κ3) is 9.25. The van der Waals surface area contributed by atoms with E-state index in [0.717, 1.165) is 24.2 Å². The summed E-state index contributed by atoms with van der Waals surface area (Å²) in [6.07, 6.45) is 0.452. The highest BCUT2D eigenvalue weighted by Gasteiger charge is 2.05. The molecule has 2 aromatic rings. The average Bonchev–Trinajstić information content (AvgIpc) is 2.74. The number of hydrogen-bond acceptors (Lipinski definition) is 4. The van der Waals surface area contributed by atoms with Gasteiger partial charge in [-0.15, -0.1) is 0 Å². The molecule has 2 aromatic carbocycles. The molecule has 0 unspecified atom stereocenters. The molecule has 0 aliphatic heterocycles. The molecule has 0 atom stereocenters. The summed E-state index contributed by atoms with van der Waals surface area (Å²) in [4.78, 5) is 25.9. The number of nitrogens with zero attached hydrogens (tertiary/aromatic N) is 1. The van der Waals surface area contributed by atoms with E-state index < -0.39 is 6.09 Å². The van der Waals surface area contributed by atoms with Gasteiger partial charge < -0.3 is 20.3 Å². The van der Waals surface area contributed by atoms with Gasteiger partial charge in [0.2, 0.25) is 5.91 Å². The summed E-state index contributed by atoms with van der Waals surface area (Å²) in [5.41, 5.74) is 3.26. The Morgan fingerprint density at radius 3 is 2.45 bits per heavy atom. The Bertz CT molecular complexity index is 765. The van der Waals surface area contributed by atoms with Crippen LogP contribution in [0.25, 0.3) is 0 Å². The van der Waals surface area contributed by atoms with Gasteiger partial charge in [-0.3, -0.25) is 4.79 Å². The quantitative estimate of drug-likeness (QED) is 0.570. The van der Waals surface area contributed by atoms with Crippen LogP contribution in [0, 0.1) is 0 Å². The van der Waals surface area contributed by atoms with Crippen molar-refractivity contribution in [2.24, 2.45) is 0 Å². The second kappa shape index (κ2) is 12.6. The molecule has 0 aromatic heterocycles. The van der Waals surface area contributed by atoms with Gasteiger partial charge >= 0.3 is 6.09 Å². The van der Waals surface area contributed by atoms with Gasteiger partial charge in [-0.2, -0.15) is 0 Å². The first kappa shape index (κ1) is 22.4. The highest BCUT2D eigenvalue weighted by Crippen LogP contribution is 2.08. The number of rotatable bonds is 11. The Hall–Kier alpha value is -2.86. The first-order chi connectivity index (χ1) is 14.1. The monoisotopic (exact) mass is 397 g/mol. The number of carbonyl (C=O) groups is 2. The van der Waals surface area contributed by atoms with Crippen molar-refractivity contribution in [1.82, 2.24) is 15.5 Å². The maximum absolute atomic E-state index is 12.0. The molecule has 0 saturated heterocycles. The lowest BCUT2D eigenvalue weighted by atomic mass is 10.1. The van der Waals surface area contributed by atoms with Crippen LogP contribution in [0.4, 0.5) is 4.79 Å². The van der Waals surface area contributed by atoms with Crippen molar-refractivity contribution in [2.75, 3.05) is 20.1 Å². The van der Waals surface area contributed by atoms with Crippen LogP contribution in [0.15, 0.2) is 54.6 Å². The van der Waals surface area contributed by atoms with Crippen molar-refractivity contribution >= 4 is 12.0 Å². The zero-order chi connectivity index (χ0) is 20.9. The molecule has 2 rings (SSSR count). The molecule has 156 valence electrons. The number of alkyl carbamates (subject to hydrolysis) is 1. The zero-order valence-electron chi connectivity index (χ0n) is 17.3. The number of benzene rings is 2. The summed E-state index contributed by atoms with van der Waals surface area (Å²) in [7, 11) is 2.08. The fourth-order valence-corrected chi connectivity index (χ4v) is 2.76. The van der Waals surface area contributed by atoms with Gasteiger partial charge in [-0.05, 0) is 36.7 Å². The van der Waals surface area contributed by atoms with Crippen molar-refractivity contribution in [3.05, 3.63) is 71.3 Å². The maximum Gasteiger partial charge on any atom is 0.407 e. The maximum atomic E-state index is 12.0. The van der Waals surface area contributed by atoms with E-state index >= 15 is 0 Å². The Balaban J connectivity index is 1.59. The van der Waals surface area contributed by atoms with Crippen LogP contribution in [-0.4, -0.2) is 37.0 Å². The molecule has 0 bridgehead atoms. The molecule has 6 heteroatoms. The smallest absolute Gasteiger partial charge is 0.407 e. The Labute approximate surface area is 173 Å². The Morgan fingerprint density at radius 2 is 1.69 bits per heavy atom. The Kier molecular flexibility index (Phi) is 9.72. The third-order valence-corrected chi connectivity index (χ3v) is 4.54. The van der Waals surface area contributed by atoms with Gasteiger partial charge in [0.15, 0.2) is 0 Å². The number of nitrogens with one attached hydrogen (secondary N) is 2.